The Balaban J connectivity index is 2.14. The van der Waals surface area contributed by atoms with E-state index in [0.29, 0.717) is 29.5 Å². The van der Waals surface area contributed by atoms with E-state index in [2.05, 4.69) is 4.98 Å². The standard InChI is InChI=1S/C22H19F6NO3/c1-2-3-4-13-11-29-18-6-5-14(10-15(13)18)32-20-16(21(23,24)25)7-12(9-19(30)31)8-17(20)22(26,27)28/h5-8,10-11,29H,2-4,9H2,1H3,(H,30,31). The molecular formula is C22H19F6NO3. The third kappa shape index (κ3) is 5.17. The van der Waals surface area contributed by atoms with Crippen molar-refractivity contribution >= 4 is 16.9 Å². The molecule has 3 aromatic rings. The van der Waals surface area contributed by atoms with E-state index in [9.17, 15) is 31.1 Å². The molecule has 0 aliphatic rings. The van der Waals surface area contributed by atoms with Crippen LogP contribution in [-0.4, -0.2) is 16.1 Å². The van der Waals surface area contributed by atoms with Gasteiger partial charge in [0, 0.05) is 17.1 Å². The van der Waals surface area contributed by atoms with Gasteiger partial charge in [0.1, 0.15) is 5.75 Å². The summed E-state index contributed by atoms with van der Waals surface area (Å²) in [5, 5.41) is 9.47. The van der Waals surface area contributed by atoms with Crippen LogP contribution in [0.25, 0.3) is 10.9 Å². The Morgan fingerprint density at radius 3 is 2.19 bits per heavy atom. The van der Waals surface area contributed by atoms with Gasteiger partial charge in [-0.05, 0) is 54.3 Å². The summed E-state index contributed by atoms with van der Waals surface area (Å²) < 4.78 is 87.1. The summed E-state index contributed by atoms with van der Waals surface area (Å²) in [5.74, 6) is -3.17. The smallest absolute Gasteiger partial charge is 0.420 e. The molecule has 0 amide bonds. The fourth-order valence-corrected chi connectivity index (χ4v) is 3.41. The van der Waals surface area contributed by atoms with Gasteiger partial charge in [0.2, 0.25) is 0 Å². The molecule has 1 aromatic heterocycles. The van der Waals surface area contributed by atoms with Crippen LogP contribution < -0.4 is 4.74 Å². The fraction of sp³-hybridized carbons (Fsp3) is 0.318. The maximum atomic E-state index is 13.6. The molecule has 0 atom stereocenters. The molecule has 0 radical (unpaired) electrons. The average molecular weight is 459 g/mol. The Kier molecular flexibility index (Phi) is 6.43. The van der Waals surface area contributed by atoms with Crippen LogP contribution in [0.1, 0.15) is 42.0 Å². The Hall–Kier alpha value is -3.17. The summed E-state index contributed by atoms with van der Waals surface area (Å²) in [6.07, 6.45) is -7.20. The van der Waals surface area contributed by atoms with Gasteiger partial charge in [-0.15, -0.1) is 0 Å². The van der Waals surface area contributed by atoms with Crippen LogP contribution in [0.4, 0.5) is 26.3 Å². The number of aryl methyl sites for hydroxylation is 1. The lowest BCUT2D eigenvalue weighted by atomic mass is 10.0. The van der Waals surface area contributed by atoms with Crippen LogP contribution in [0.2, 0.25) is 0 Å². The number of halogens is 6. The van der Waals surface area contributed by atoms with E-state index in [1.165, 1.54) is 18.2 Å². The Morgan fingerprint density at radius 2 is 1.66 bits per heavy atom. The molecule has 172 valence electrons. The fourth-order valence-electron chi connectivity index (χ4n) is 3.41. The molecule has 0 bridgehead atoms. The van der Waals surface area contributed by atoms with Crippen molar-refractivity contribution in [3.8, 4) is 11.5 Å². The van der Waals surface area contributed by atoms with E-state index >= 15 is 0 Å². The second-order valence-corrected chi connectivity index (χ2v) is 7.31. The Labute approximate surface area is 178 Å². The zero-order chi connectivity index (χ0) is 23.7. The lowest BCUT2D eigenvalue weighted by molar-refractivity contribution is -0.145. The zero-order valence-corrected chi connectivity index (χ0v) is 16.8. The topological polar surface area (TPSA) is 62.3 Å². The lowest BCUT2D eigenvalue weighted by Crippen LogP contribution is -2.16. The number of ether oxygens (including phenoxy) is 1. The minimum Gasteiger partial charge on any atom is -0.481 e. The predicted octanol–water partition coefficient (Wildman–Crippen LogP) is 6.97. The summed E-state index contributed by atoms with van der Waals surface area (Å²) in [7, 11) is 0. The number of aliphatic carboxylic acids is 1. The van der Waals surface area contributed by atoms with Gasteiger partial charge in [-0.1, -0.05) is 13.3 Å². The third-order valence-electron chi connectivity index (χ3n) is 4.87. The predicted molar refractivity (Wildman–Crippen MR) is 105 cm³/mol. The monoisotopic (exact) mass is 459 g/mol. The molecular weight excluding hydrogens is 440 g/mol. The number of benzene rings is 2. The van der Waals surface area contributed by atoms with E-state index in [1.807, 2.05) is 6.92 Å². The van der Waals surface area contributed by atoms with Crippen LogP contribution in [-0.2, 0) is 30.0 Å². The van der Waals surface area contributed by atoms with Crippen LogP contribution in [0.3, 0.4) is 0 Å². The molecule has 0 unspecified atom stereocenters. The number of aromatic amines is 1. The maximum absolute atomic E-state index is 13.6. The molecule has 2 aromatic carbocycles. The molecule has 3 rings (SSSR count). The van der Waals surface area contributed by atoms with Gasteiger partial charge in [0.05, 0.1) is 17.5 Å². The highest BCUT2D eigenvalue weighted by atomic mass is 19.4. The van der Waals surface area contributed by atoms with E-state index in [-0.39, 0.29) is 5.75 Å². The number of H-pyrrole nitrogens is 1. The highest BCUT2D eigenvalue weighted by Gasteiger charge is 2.43. The Bertz CT molecular complexity index is 1100. The average Bonchev–Trinajstić information content (AvgIpc) is 3.07. The number of hydrogen-bond donors (Lipinski definition) is 2. The van der Waals surface area contributed by atoms with Crippen molar-refractivity contribution in [2.24, 2.45) is 0 Å². The van der Waals surface area contributed by atoms with Crippen molar-refractivity contribution in [3.63, 3.8) is 0 Å². The number of aromatic nitrogens is 1. The van der Waals surface area contributed by atoms with E-state index in [1.54, 1.807) is 6.20 Å². The first-order chi connectivity index (χ1) is 14.9. The van der Waals surface area contributed by atoms with E-state index in [4.69, 9.17) is 9.84 Å². The van der Waals surface area contributed by atoms with Crippen molar-refractivity contribution in [1.29, 1.82) is 0 Å². The van der Waals surface area contributed by atoms with Crippen molar-refractivity contribution in [2.75, 3.05) is 0 Å². The molecule has 4 nitrogen and oxygen atoms in total. The highest BCUT2D eigenvalue weighted by molar-refractivity contribution is 5.84. The molecule has 10 heteroatoms. The first-order valence-corrected chi connectivity index (χ1v) is 9.71. The number of nitrogens with one attached hydrogen (secondary N) is 1. The molecule has 0 spiro atoms. The van der Waals surface area contributed by atoms with Crippen molar-refractivity contribution < 1.29 is 41.0 Å². The quantitative estimate of drug-likeness (QED) is 0.375. The number of unbranched alkanes of at least 4 members (excludes halogenated alkanes) is 1. The van der Waals surface area contributed by atoms with Crippen LogP contribution in [0.15, 0.2) is 36.5 Å². The summed E-state index contributed by atoms with van der Waals surface area (Å²) in [5.41, 5.74) is -2.47. The summed E-state index contributed by atoms with van der Waals surface area (Å²) >= 11 is 0. The minimum atomic E-state index is -5.20. The molecule has 1 heterocycles. The van der Waals surface area contributed by atoms with Gasteiger partial charge in [-0.25, -0.2) is 0 Å². The van der Waals surface area contributed by atoms with E-state index < -0.39 is 47.2 Å². The molecule has 0 aliphatic heterocycles. The van der Waals surface area contributed by atoms with Gasteiger partial charge in [-0.2, -0.15) is 26.3 Å². The van der Waals surface area contributed by atoms with Crippen molar-refractivity contribution in [3.05, 3.63) is 58.8 Å². The number of rotatable bonds is 7. The zero-order valence-electron chi connectivity index (χ0n) is 16.8. The molecule has 0 aliphatic carbocycles. The summed E-state index contributed by atoms with van der Waals surface area (Å²) in [6.45, 7) is 1.99. The van der Waals surface area contributed by atoms with Crippen molar-refractivity contribution in [2.45, 2.75) is 45.0 Å². The lowest BCUT2D eigenvalue weighted by Gasteiger charge is -2.20. The molecule has 0 saturated heterocycles. The van der Waals surface area contributed by atoms with Crippen molar-refractivity contribution in [1.82, 2.24) is 4.98 Å². The van der Waals surface area contributed by atoms with Gasteiger partial charge < -0.3 is 14.8 Å². The van der Waals surface area contributed by atoms with Gasteiger partial charge in [0.25, 0.3) is 0 Å². The second-order valence-electron chi connectivity index (χ2n) is 7.31. The van der Waals surface area contributed by atoms with Crippen LogP contribution in [0.5, 0.6) is 11.5 Å². The number of alkyl halides is 6. The second kappa shape index (κ2) is 8.76. The number of hydrogen-bond acceptors (Lipinski definition) is 2. The van der Waals surface area contributed by atoms with Crippen LogP contribution >= 0.6 is 0 Å². The van der Waals surface area contributed by atoms with Gasteiger partial charge in [0.15, 0.2) is 5.75 Å². The molecule has 0 saturated carbocycles. The molecule has 32 heavy (non-hydrogen) atoms. The first kappa shape index (κ1) is 23.5. The summed E-state index contributed by atoms with van der Waals surface area (Å²) in [6, 6.07) is 4.93. The Morgan fingerprint density at radius 1 is 1.03 bits per heavy atom. The maximum Gasteiger partial charge on any atom is 0.420 e. The van der Waals surface area contributed by atoms with Gasteiger partial charge >= 0.3 is 18.3 Å². The first-order valence-electron chi connectivity index (χ1n) is 9.71. The number of carbonyl (C=O) groups is 1. The highest BCUT2D eigenvalue weighted by Crippen LogP contribution is 2.47. The number of carboxylic acids is 1. The van der Waals surface area contributed by atoms with Crippen LogP contribution in [0, 0.1) is 0 Å². The molecule has 2 N–H and O–H groups in total. The van der Waals surface area contributed by atoms with E-state index in [0.717, 1.165) is 18.4 Å². The summed E-state index contributed by atoms with van der Waals surface area (Å²) in [4.78, 5) is 13.9. The molecule has 0 fully saturated rings. The normalized spacial score (nSPS) is 12.3. The third-order valence-corrected chi connectivity index (χ3v) is 4.87. The SMILES string of the molecule is CCCCc1c[nH]c2ccc(Oc3c(C(F)(F)F)cc(CC(=O)O)cc3C(F)(F)F)cc12. The van der Waals surface area contributed by atoms with Gasteiger partial charge in [-0.3, -0.25) is 4.79 Å². The number of fused-ring (bicyclic) bond motifs is 1. The largest absolute Gasteiger partial charge is 0.481 e. The number of carboxylic acid groups (broad SMARTS) is 1. The minimum absolute atomic E-state index is 0.197.